The third kappa shape index (κ3) is 4.39. The monoisotopic (exact) mass is 343 g/mol. The number of imidazole rings is 1. The van der Waals surface area contributed by atoms with Crippen LogP contribution in [0.1, 0.15) is 37.9 Å². The van der Waals surface area contributed by atoms with Gasteiger partial charge >= 0.3 is 0 Å². The van der Waals surface area contributed by atoms with Crippen molar-refractivity contribution in [2.24, 2.45) is 5.92 Å². The number of nitrogens with two attached hydrogens (primary N) is 1. The average molecular weight is 343 g/mol. The summed E-state index contributed by atoms with van der Waals surface area (Å²) in [4.78, 5) is 9.06. The van der Waals surface area contributed by atoms with Gasteiger partial charge in [-0.1, -0.05) is 31.2 Å². The Hall–Kier alpha value is -2.34. The number of aryl methyl sites for hydroxylation is 2. The number of pyridine rings is 1. The molecule has 136 valence electrons. The Labute approximate surface area is 149 Å². The first-order valence-corrected chi connectivity index (χ1v) is 8.74. The number of aromatic nitrogens is 3. The number of rotatable bonds is 8. The highest BCUT2D eigenvalue weighted by atomic mass is 16.5. The van der Waals surface area contributed by atoms with Crippen LogP contribution < -0.4 is 11.2 Å². The minimum atomic E-state index is 0.370. The first-order valence-electron chi connectivity index (χ1n) is 8.74. The fraction of sp³-hybridized carbons (Fsp3) is 0.474. The molecule has 0 aliphatic heterocycles. The van der Waals surface area contributed by atoms with Crippen molar-refractivity contribution in [2.45, 2.75) is 41.2 Å². The van der Waals surface area contributed by atoms with E-state index in [1.54, 1.807) is 0 Å². The van der Waals surface area contributed by atoms with Crippen LogP contribution in [0, 0.1) is 19.8 Å². The van der Waals surface area contributed by atoms with Crippen molar-refractivity contribution in [3.05, 3.63) is 41.4 Å². The van der Waals surface area contributed by atoms with Crippen LogP contribution in [-0.4, -0.2) is 27.8 Å². The molecule has 0 fully saturated rings. The van der Waals surface area contributed by atoms with E-state index in [1.165, 1.54) is 0 Å². The van der Waals surface area contributed by atoms with Crippen LogP contribution in [0.5, 0.6) is 0 Å². The first-order chi connectivity index (χ1) is 12.0. The molecule has 2 aromatic rings. The Bertz CT molecular complexity index is 776. The van der Waals surface area contributed by atoms with E-state index in [4.69, 9.17) is 10.5 Å². The molecule has 0 saturated heterocycles. The van der Waals surface area contributed by atoms with Crippen molar-refractivity contribution in [2.75, 3.05) is 24.3 Å². The van der Waals surface area contributed by atoms with Crippen molar-refractivity contribution in [3.63, 3.8) is 0 Å². The van der Waals surface area contributed by atoms with Crippen molar-refractivity contribution in [1.82, 2.24) is 14.6 Å². The van der Waals surface area contributed by atoms with E-state index in [0.717, 1.165) is 34.7 Å². The highest BCUT2D eigenvalue weighted by molar-refractivity contribution is 5.88. The van der Waals surface area contributed by atoms with Crippen LogP contribution >= 0.6 is 0 Å². The van der Waals surface area contributed by atoms with Crippen LogP contribution in [0.4, 0.5) is 5.82 Å². The molecule has 0 aliphatic rings. The minimum Gasteiger partial charge on any atom is -0.382 e. The van der Waals surface area contributed by atoms with E-state index < -0.39 is 0 Å². The maximum atomic E-state index is 6.10. The zero-order chi connectivity index (χ0) is 18.4. The predicted molar refractivity (Wildman–Crippen MR) is 104 cm³/mol. The second-order valence-electron chi connectivity index (χ2n) is 6.16. The van der Waals surface area contributed by atoms with Gasteiger partial charge in [0.15, 0.2) is 11.6 Å². The van der Waals surface area contributed by atoms with Gasteiger partial charge in [-0.25, -0.2) is 14.6 Å². The highest BCUT2D eigenvalue weighted by Crippen LogP contribution is 2.25. The lowest BCUT2D eigenvalue weighted by Gasteiger charge is -2.16. The average Bonchev–Trinajstić information content (AvgIpc) is 2.95. The van der Waals surface area contributed by atoms with E-state index in [0.29, 0.717) is 24.9 Å². The van der Waals surface area contributed by atoms with Gasteiger partial charge in [-0.05, 0) is 39.2 Å². The third-order valence-corrected chi connectivity index (χ3v) is 4.13. The normalized spacial score (nSPS) is 13.3. The summed E-state index contributed by atoms with van der Waals surface area (Å²) >= 11 is 0. The van der Waals surface area contributed by atoms with Gasteiger partial charge in [0, 0.05) is 18.8 Å². The summed E-state index contributed by atoms with van der Waals surface area (Å²) in [6, 6.07) is 0. The highest BCUT2D eigenvalue weighted by Gasteiger charge is 2.18. The third-order valence-electron chi connectivity index (χ3n) is 4.13. The molecule has 6 nitrogen and oxygen atoms in total. The maximum Gasteiger partial charge on any atom is 0.154 e. The number of nitrogen functional groups attached to an aromatic ring is 1. The van der Waals surface area contributed by atoms with E-state index in [9.17, 15) is 0 Å². The smallest absolute Gasteiger partial charge is 0.154 e. The molecule has 1 unspecified atom stereocenters. The predicted octanol–water partition coefficient (Wildman–Crippen LogP) is 3.48. The molecule has 0 aliphatic carbocycles. The van der Waals surface area contributed by atoms with E-state index >= 15 is 0 Å². The summed E-state index contributed by atoms with van der Waals surface area (Å²) in [6.45, 7) is 12.0. The second-order valence-corrected chi connectivity index (χ2v) is 6.16. The van der Waals surface area contributed by atoms with Gasteiger partial charge in [-0.15, -0.1) is 0 Å². The van der Waals surface area contributed by atoms with Crippen LogP contribution in [0.25, 0.3) is 11.0 Å². The molecule has 2 aromatic heterocycles. The Morgan fingerprint density at radius 2 is 2.04 bits per heavy atom. The summed E-state index contributed by atoms with van der Waals surface area (Å²) in [6.07, 6.45) is 8.28. The molecule has 25 heavy (non-hydrogen) atoms. The Kier molecular flexibility index (Phi) is 6.58. The number of fused-ring (bicyclic) bond motifs is 1. The largest absolute Gasteiger partial charge is 0.382 e. The Morgan fingerprint density at radius 3 is 2.72 bits per heavy atom. The number of allylic oxidation sites excluding steroid dienone is 3. The number of hydrogen-bond donors (Lipinski definition) is 2. The molecule has 2 heterocycles. The van der Waals surface area contributed by atoms with Gasteiger partial charge in [-0.3, -0.25) is 0 Å². The van der Waals surface area contributed by atoms with Gasteiger partial charge in [0.2, 0.25) is 0 Å². The molecule has 0 radical (unpaired) electrons. The molecule has 1 atom stereocenters. The summed E-state index contributed by atoms with van der Waals surface area (Å²) < 4.78 is 7.58. The Morgan fingerprint density at radius 1 is 1.28 bits per heavy atom. The van der Waals surface area contributed by atoms with Gasteiger partial charge in [0.25, 0.3) is 0 Å². The fourth-order valence-corrected chi connectivity index (χ4v) is 2.61. The van der Waals surface area contributed by atoms with Gasteiger partial charge in [0.05, 0.1) is 5.52 Å². The first kappa shape index (κ1) is 19.0. The number of nitrogens with one attached hydrogen (secondary N) is 1. The maximum absolute atomic E-state index is 6.10. The van der Waals surface area contributed by atoms with Gasteiger partial charge in [-0.2, -0.15) is 0 Å². The number of nitrogens with zero attached hydrogens (tertiary/aromatic N) is 3. The summed E-state index contributed by atoms with van der Waals surface area (Å²) in [5, 5.41) is 0. The second kappa shape index (κ2) is 8.67. The lowest BCUT2D eigenvalue weighted by Crippen LogP contribution is -2.23. The molecule has 0 spiro atoms. The minimum absolute atomic E-state index is 0.370. The van der Waals surface area contributed by atoms with Crippen molar-refractivity contribution in [1.29, 1.82) is 0 Å². The molecule has 0 saturated carbocycles. The van der Waals surface area contributed by atoms with Gasteiger partial charge < -0.3 is 15.9 Å². The van der Waals surface area contributed by atoms with Gasteiger partial charge in [0.1, 0.15) is 12.1 Å². The molecule has 0 aromatic carbocycles. The van der Waals surface area contributed by atoms with Crippen molar-refractivity contribution in [3.8, 4) is 0 Å². The van der Waals surface area contributed by atoms with Crippen LogP contribution in [-0.2, 0) is 11.3 Å². The summed E-state index contributed by atoms with van der Waals surface area (Å²) in [7, 11) is 0. The molecular formula is C19H29N5O. The lowest BCUT2D eigenvalue weighted by atomic mass is 10.1. The number of anilines is 1. The molecule has 0 amide bonds. The zero-order valence-electron chi connectivity index (χ0n) is 15.8. The molecule has 6 heteroatoms. The molecule has 3 N–H and O–H groups in total. The topological polar surface area (TPSA) is 78.0 Å². The van der Waals surface area contributed by atoms with E-state index in [1.807, 2.05) is 44.5 Å². The molecular weight excluding hydrogens is 314 g/mol. The standard InChI is InChI=1S/C19H29N5O/c1-6-8-9-10-13(3)11-21-24-16(12-25-7-2)23-17-18(24)14(4)15(5)22-19(17)20/h6,8-10,13,21H,7,11-12H2,1-5H3,(H2,20,22)/b8-6-,10-9-. The quantitative estimate of drug-likeness (QED) is 0.718. The van der Waals surface area contributed by atoms with Crippen LogP contribution in [0.15, 0.2) is 24.3 Å². The van der Waals surface area contributed by atoms with Crippen LogP contribution in [0.2, 0.25) is 0 Å². The van der Waals surface area contributed by atoms with Crippen molar-refractivity contribution < 1.29 is 4.74 Å². The van der Waals surface area contributed by atoms with E-state index in [-0.39, 0.29) is 0 Å². The fourth-order valence-electron chi connectivity index (χ4n) is 2.61. The summed E-state index contributed by atoms with van der Waals surface area (Å²) in [5.41, 5.74) is 13.3. The molecule has 0 bridgehead atoms. The van der Waals surface area contributed by atoms with Crippen LogP contribution in [0.3, 0.4) is 0 Å². The SMILES string of the molecule is C/C=C\C=C/C(C)CNn1c(COCC)nc2c(N)nc(C)c(C)c21. The van der Waals surface area contributed by atoms with Crippen molar-refractivity contribution >= 4 is 16.9 Å². The number of hydrogen-bond acceptors (Lipinski definition) is 5. The summed E-state index contributed by atoms with van der Waals surface area (Å²) in [5.74, 6) is 1.63. The number of ether oxygens (including phenoxy) is 1. The molecule has 2 rings (SSSR count). The zero-order valence-corrected chi connectivity index (χ0v) is 15.8. The lowest BCUT2D eigenvalue weighted by molar-refractivity contribution is 0.127. The Balaban J connectivity index is 2.37. The van der Waals surface area contributed by atoms with E-state index in [2.05, 4.69) is 34.5 Å².